The maximum Gasteiger partial charge on any atom is 0.255 e. The third kappa shape index (κ3) is 3.36. The Morgan fingerprint density at radius 1 is 1.32 bits per heavy atom. The Kier molecular flexibility index (Phi) is 3.84. The van der Waals surface area contributed by atoms with Crippen molar-refractivity contribution in [1.82, 2.24) is 4.98 Å². The minimum Gasteiger partial charge on any atom is -0.322 e. The van der Waals surface area contributed by atoms with Crippen LogP contribution in [-0.2, 0) is 6.42 Å². The first-order valence-electron chi connectivity index (χ1n) is 5.58. The molecule has 1 aromatic heterocycles. The molecule has 5 heteroatoms. The molecule has 2 aromatic rings. The van der Waals surface area contributed by atoms with Crippen LogP contribution in [0.3, 0.4) is 0 Å². The Morgan fingerprint density at radius 3 is 2.68 bits per heavy atom. The second-order valence-electron chi connectivity index (χ2n) is 3.85. The number of amides is 1. The predicted octanol–water partition coefficient (Wildman–Crippen LogP) is 2.54. The van der Waals surface area contributed by atoms with Gasteiger partial charge in [-0.25, -0.2) is 4.98 Å². The number of rotatable bonds is 3. The van der Waals surface area contributed by atoms with Gasteiger partial charge in [0, 0.05) is 23.5 Å². The number of nitrogens with one attached hydrogen (secondary N) is 1. The van der Waals surface area contributed by atoms with Crippen LogP contribution >= 0.6 is 0 Å². The fraction of sp³-hybridized carbons (Fsp3) is 0.0714. The standard InChI is InChI=1S/C14H10FN3O/c15-13-9-11(6-8-17-13)14(19)18-12-3-1-10(2-4-12)5-7-16/h1-4,6,8-9H,5H2,(H,18,19). The van der Waals surface area contributed by atoms with E-state index >= 15 is 0 Å². The summed E-state index contributed by atoms with van der Waals surface area (Å²) in [5.74, 6) is -1.11. The van der Waals surface area contributed by atoms with E-state index in [4.69, 9.17) is 5.26 Å². The SMILES string of the molecule is N#CCc1ccc(NC(=O)c2ccnc(F)c2)cc1. The molecule has 0 radical (unpaired) electrons. The van der Waals surface area contributed by atoms with E-state index < -0.39 is 11.9 Å². The molecular weight excluding hydrogens is 245 g/mol. The van der Waals surface area contributed by atoms with Gasteiger partial charge in [-0.1, -0.05) is 12.1 Å². The number of anilines is 1. The van der Waals surface area contributed by atoms with Crippen LogP contribution < -0.4 is 5.32 Å². The average Bonchev–Trinajstić information content (AvgIpc) is 2.41. The zero-order chi connectivity index (χ0) is 13.7. The lowest BCUT2D eigenvalue weighted by Gasteiger charge is -2.05. The maximum atomic E-state index is 12.9. The van der Waals surface area contributed by atoms with Crippen molar-refractivity contribution in [2.24, 2.45) is 0 Å². The highest BCUT2D eigenvalue weighted by Gasteiger charge is 2.07. The number of pyridine rings is 1. The summed E-state index contributed by atoms with van der Waals surface area (Å²) in [5, 5.41) is 11.2. The van der Waals surface area contributed by atoms with Gasteiger partial charge in [0.2, 0.25) is 5.95 Å². The van der Waals surface area contributed by atoms with E-state index in [1.165, 1.54) is 12.3 Å². The number of carbonyl (C=O) groups is 1. The molecule has 0 fully saturated rings. The van der Waals surface area contributed by atoms with Gasteiger partial charge in [0.25, 0.3) is 5.91 Å². The Hall–Kier alpha value is -2.74. The van der Waals surface area contributed by atoms with Crippen LogP contribution in [0.15, 0.2) is 42.6 Å². The third-order valence-corrected chi connectivity index (χ3v) is 2.48. The van der Waals surface area contributed by atoms with E-state index in [2.05, 4.69) is 10.3 Å². The van der Waals surface area contributed by atoms with Gasteiger partial charge in [0.1, 0.15) is 0 Å². The molecule has 1 aromatic carbocycles. The van der Waals surface area contributed by atoms with E-state index in [1.54, 1.807) is 24.3 Å². The molecule has 1 heterocycles. The van der Waals surface area contributed by atoms with E-state index in [-0.39, 0.29) is 5.56 Å². The molecule has 1 N–H and O–H groups in total. The highest BCUT2D eigenvalue weighted by atomic mass is 19.1. The fourth-order valence-corrected chi connectivity index (χ4v) is 1.54. The minimum atomic E-state index is -0.697. The molecular formula is C14H10FN3O. The number of nitriles is 1. The van der Waals surface area contributed by atoms with Gasteiger partial charge in [-0.2, -0.15) is 9.65 Å². The van der Waals surface area contributed by atoms with Crippen LogP contribution in [0.25, 0.3) is 0 Å². The third-order valence-electron chi connectivity index (χ3n) is 2.48. The molecule has 0 aliphatic rings. The molecule has 4 nitrogen and oxygen atoms in total. The lowest BCUT2D eigenvalue weighted by molar-refractivity contribution is 0.102. The summed E-state index contributed by atoms with van der Waals surface area (Å²) in [7, 11) is 0. The van der Waals surface area contributed by atoms with Crippen molar-refractivity contribution in [3.8, 4) is 6.07 Å². The molecule has 0 unspecified atom stereocenters. The van der Waals surface area contributed by atoms with Gasteiger partial charge >= 0.3 is 0 Å². The van der Waals surface area contributed by atoms with Crippen LogP contribution in [0.4, 0.5) is 10.1 Å². The van der Waals surface area contributed by atoms with E-state index in [9.17, 15) is 9.18 Å². The summed E-state index contributed by atoms with van der Waals surface area (Å²) in [5.41, 5.74) is 1.66. The Balaban J connectivity index is 2.09. The molecule has 0 atom stereocenters. The normalized spacial score (nSPS) is 9.68. The highest BCUT2D eigenvalue weighted by molar-refractivity contribution is 6.04. The minimum absolute atomic E-state index is 0.202. The number of nitrogens with zero attached hydrogens (tertiary/aromatic N) is 2. The first-order chi connectivity index (χ1) is 9.19. The first-order valence-corrected chi connectivity index (χ1v) is 5.58. The smallest absolute Gasteiger partial charge is 0.255 e. The van der Waals surface area contributed by atoms with Crippen molar-refractivity contribution in [3.05, 3.63) is 59.7 Å². The molecule has 0 aliphatic heterocycles. The van der Waals surface area contributed by atoms with Crippen molar-refractivity contribution < 1.29 is 9.18 Å². The monoisotopic (exact) mass is 255 g/mol. The fourth-order valence-electron chi connectivity index (χ4n) is 1.54. The van der Waals surface area contributed by atoms with E-state index in [0.29, 0.717) is 12.1 Å². The van der Waals surface area contributed by atoms with Crippen LogP contribution in [-0.4, -0.2) is 10.9 Å². The number of carbonyl (C=O) groups excluding carboxylic acids is 1. The summed E-state index contributed by atoms with van der Waals surface area (Å²) in [4.78, 5) is 15.2. The van der Waals surface area contributed by atoms with Gasteiger partial charge in [-0.15, -0.1) is 0 Å². The highest BCUT2D eigenvalue weighted by Crippen LogP contribution is 2.11. The second-order valence-corrected chi connectivity index (χ2v) is 3.85. The van der Waals surface area contributed by atoms with E-state index in [1.807, 2.05) is 6.07 Å². The quantitative estimate of drug-likeness (QED) is 0.857. The second kappa shape index (κ2) is 5.74. The average molecular weight is 255 g/mol. The molecule has 1 amide bonds. The maximum absolute atomic E-state index is 12.9. The summed E-state index contributed by atoms with van der Waals surface area (Å²) in [6.07, 6.45) is 1.56. The number of hydrogen-bond donors (Lipinski definition) is 1. The first kappa shape index (κ1) is 12.7. The zero-order valence-corrected chi connectivity index (χ0v) is 9.93. The predicted molar refractivity (Wildman–Crippen MR) is 67.9 cm³/mol. The van der Waals surface area contributed by atoms with Crippen molar-refractivity contribution in [2.45, 2.75) is 6.42 Å². The zero-order valence-electron chi connectivity index (χ0n) is 9.93. The molecule has 0 aliphatic carbocycles. The number of benzene rings is 1. The lowest BCUT2D eigenvalue weighted by Crippen LogP contribution is -2.12. The van der Waals surface area contributed by atoms with Crippen molar-refractivity contribution in [2.75, 3.05) is 5.32 Å². The van der Waals surface area contributed by atoms with Gasteiger partial charge < -0.3 is 5.32 Å². The number of aromatic nitrogens is 1. The summed E-state index contributed by atoms with van der Waals surface area (Å²) in [6, 6.07) is 11.4. The van der Waals surface area contributed by atoms with Crippen molar-refractivity contribution in [3.63, 3.8) is 0 Å². The molecule has 0 saturated carbocycles. The molecule has 0 spiro atoms. The van der Waals surface area contributed by atoms with Crippen LogP contribution in [0.5, 0.6) is 0 Å². The summed E-state index contributed by atoms with van der Waals surface area (Å²) < 4.78 is 12.9. The largest absolute Gasteiger partial charge is 0.322 e. The molecule has 94 valence electrons. The van der Waals surface area contributed by atoms with Crippen molar-refractivity contribution in [1.29, 1.82) is 5.26 Å². The topological polar surface area (TPSA) is 65.8 Å². The van der Waals surface area contributed by atoms with E-state index in [0.717, 1.165) is 11.6 Å². The molecule has 0 saturated heterocycles. The number of halogens is 1. The van der Waals surface area contributed by atoms with Crippen LogP contribution in [0.1, 0.15) is 15.9 Å². The van der Waals surface area contributed by atoms with Gasteiger partial charge in [-0.3, -0.25) is 4.79 Å². The molecule has 0 bridgehead atoms. The Morgan fingerprint density at radius 2 is 2.05 bits per heavy atom. The van der Waals surface area contributed by atoms with Crippen LogP contribution in [0, 0.1) is 17.3 Å². The van der Waals surface area contributed by atoms with Gasteiger partial charge in [0.15, 0.2) is 0 Å². The Bertz CT molecular complexity index is 632. The van der Waals surface area contributed by atoms with Gasteiger partial charge in [0.05, 0.1) is 12.5 Å². The molecule has 2 rings (SSSR count). The lowest BCUT2D eigenvalue weighted by atomic mass is 10.1. The van der Waals surface area contributed by atoms with Crippen molar-refractivity contribution >= 4 is 11.6 Å². The molecule has 19 heavy (non-hydrogen) atoms. The Labute approximate surface area is 109 Å². The summed E-state index contributed by atoms with van der Waals surface area (Å²) in [6.45, 7) is 0. The van der Waals surface area contributed by atoms with Gasteiger partial charge in [-0.05, 0) is 23.8 Å². The number of hydrogen-bond acceptors (Lipinski definition) is 3. The summed E-state index contributed by atoms with van der Waals surface area (Å²) >= 11 is 0. The van der Waals surface area contributed by atoms with Crippen LogP contribution in [0.2, 0.25) is 0 Å².